The second-order valence-corrected chi connectivity index (χ2v) is 6.44. The zero-order chi connectivity index (χ0) is 10.1. The molecule has 0 amide bonds. The van der Waals surface area contributed by atoms with Gasteiger partial charge in [-0.1, -0.05) is 29.8 Å². The molecule has 0 spiro atoms. The quantitative estimate of drug-likeness (QED) is 0.692. The lowest BCUT2D eigenvalue weighted by Crippen LogP contribution is -2.03. The third-order valence-electron chi connectivity index (χ3n) is 3.13. The minimum Gasteiger partial charge on any atom is -0.144 e. The molecular weight excluding hydrogens is 256 g/mol. The Labute approximate surface area is 98.9 Å². The van der Waals surface area contributed by atoms with Crippen molar-refractivity contribution in [3.8, 4) is 0 Å². The SMILES string of the molecule is CCc1ccc(C(Br)C(C)C2CC2)s1. The maximum Gasteiger partial charge on any atom is 0.0517 e. The summed E-state index contributed by atoms with van der Waals surface area (Å²) in [6.07, 6.45) is 4.05. The average molecular weight is 273 g/mol. The highest BCUT2D eigenvalue weighted by atomic mass is 79.9. The third kappa shape index (κ3) is 2.22. The van der Waals surface area contributed by atoms with E-state index in [1.807, 2.05) is 11.3 Å². The van der Waals surface area contributed by atoms with Crippen molar-refractivity contribution >= 4 is 27.3 Å². The first-order valence-corrected chi connectivity index (χ1v) is 7.18. The highest BCUT2D eigenvalue weighted by molar-refractivity contribution is 9.09. The van der Waals surface area contributed by atoms with Gasteiger partial charge in [0, 0.05) is 9.75 Å². The molecule has 1 aromatic rings. The summed E-state index contributed by atoms with van der Waals surface area (Å²) in [5.41, 5.74) is 0. The summed E-state index contributed by atoms with van der Waals surface area (Å²) in [6, 6.07) is 4.57. The maximum atomic E-state index is 3.84. The minimum absolute atomic E-state index is 0.584. The Hall–Kier alpha value is 0.180. The summed E-state index contributed by atoms with van der Waals surface area (Å²) in [7, 11) is 0. The van der Waals surface area contributed by atoms with Gasteiger partial charge in [-0.3, -0.25) is 0 Å². The van der Waals surface area contributed by atoms with Gasteiger partial charge < -0.3 is 0 Å². The molecule has 2 heteroatoms. The van der Waals surface area contributed by atoms with Crippen molar-refractivity contribution in [2.24, 2.45) is 11.8 Å². The Balaban J connectivity index is 2.05. The molecule has 0 saturated heterocycles. The number of rotatable bonds is 4. The lowest BCUT2D eigenvalue weighted by molar-refractivity contribution is 0.507. The van der Waals surface area contributed by atoms with Crippen LogP contribution in [0.4, 0.5) is 0 Å². The Kier molecular flexibility index (Phi) is 3.33. The van der Waals surface area contributed by atoms with Crippen LogP contribution in [0.1, 0.15) is 41.3 Å². The van der Waals surface area contributed by atoms with Crippen LogP contribution in [-0.2, 0) is 6.42 Å². The van der Waals surface area contributed by atoms with Crippen LogP contribution in [0.2, 0.25) is 0 Å². The first-order chi connectivity index (χ1) is 6.72. The standard InChI is InChI=1S/C12H17BrS/c1-3-10-6-7-11(14-10)12(13)8(2)9-4-5-9/h6-9,12H,3-5H2,1-2H3. The van der Waals surface area contributed by atoms with Crippen LogP contribution in [0.15, 0.2) is 12.1 Å². The number of alkyl halides is 1. The highest BCUT2D eigenvalue weighted by Gasteiger charge is 2.33. The predicted octanol–water partition coefficient (Wildman–Crippen LogP) is 4.79. The lowest BCUT2D eigenvalue weighted by atomic mass is 10.0. The normalized spacial score (nSPS) is 20.8. The van der Waals surface area contributed by atoms with Crippen molar-refractivity contribution in [3.05, 3.63) is 21.9 Å². The summed E-state index contributed by atoms with van der Waals surface area (Å²) in [4.78, 5) is 3.61. The lowest BCUT2D eigenvalue weighted by Gasteiger charge is -2.15. The van der Waals surface area contributed by atoms with Crippen LogP contribution >= 0.6 is 27.3 Å². The first-order valence-electron chi connectivity index (χ1n) is 5.45. The van der Waals surface area contributed by atoms with Gasteiger partial charge >= 0.3 is 0 Å². The molecule has 1 aliphatic carbocycles. The molecule has 0 aromatic carbocycles. The van der Waals surface area contributed by atoms with Gasteiger partial charge in [-0.2, -0.15) is 0 Å². The van der Waals surface area contributed by atoms with Gasteiger partial charge in [0.15, 0.2) is 0 Å². The van der Waals surface area contributed by atoms with Crippen molar-refractivity contribution in [2.75, 3.05) is 0 Å². The second kappa shape index (κ2) is 4.36. The largest absolute Gasteiger partial charge is 0.144 e. The Morgan fingerprint density at radius 1 is 1.50 bits per heavy atom. The van der Waals surface area contributed by atoms with Crippen LogP contribution in [0.25, 0.3) is 0 Å². The number of hydrogen-bond donors (Lipinski definition) is 0. The van der Waals surface area contributed by atoms with E-state index < -0.39 is 0 Å². The van der Waals surface area contributed by atoms with Crippen molar-refractivity contribution in [1.29, 1.82) is 0 Å². The zero-order valence-corrected chi connectivity index (χ0v) is 11.2. The summed E-state index contributed by atoms with van der Waals surface area (Å²) in [5.74, 6) is 1.78. The molecule has 0 radical (unpaired) electrons. The van der Waals surface area contributed by atoms with Crippen LogP contribution < -0.4 is 0 Å². The predicted molar refractivity (Wildman–Crippen MR) is 67.3 cm³/mol. The van der Waals surface area contributed by atoms with Gasteiger partial charge in [-0.25, -0.2) is 0 Å². The second-order valence-electron chi connectivity index (χ2n) is 4.26. The smallest absolute Gasteiger partial charge is 0.0517 e. The third-order valence-corrected chi connectivity index (χ3v) is 6.07. The fraction of sp³-hybridized carbons (Fsp3) is 0.667. The van der Waals surface area contributed by atoms with Crippen molar-refractivity contribution in [2.45, 2.75) is 37.9 Å². The number of hydrogen-bond acceptors (Lipinski definition) is 1. The van der Waals surface area contributed by atoms with E-state index in [-0.39, 0.29) is 0 Å². The Bertz CT molecular complexity index is 301. The molecule has 0 N–H and O–H groups in total. The van der Waals surface area contributed by atoms with Gasteiger partial charge in [0.2, 0.25) is 0 Å². The molecule has 1 aromatic heterocycles. The molecule has 2 atom stereocenters. The Morgan fingerprint density at radius 2 is 2.21 bits per heavy atom. The molecule has 0 aliphatic heterocycles. The van der Waals surface area contributed by atoms with E-state index in [0.717, 1.165) is 11.8 Å². The van der Waals surface area contributed by atoms with E-state index in [1.54, 1.807) is 0 Å². The van der Waals surface area contributed by atoms with E-state index in [2.05, 4.69) is 41.9 Å². The van der Waals surface area contributed by atoms with E-state index in [0.29, 0.717) is 4.83 Å². The van der Waals surface area contributed by atoms with Crippen LogP contribution in [0.3, 0.4) is 0 Å². The van der Waals surface area contributed by atoms with E-state index >= 15 is 0 Å². The van der Waals surface area contributed by atoms with Gasteiger partial charge in [0.05, 0.1) is 4.83 Å². The average Bonchev–Trinajstić information content (AvgIpc) is 2.94. The molecule has 0 nitrogen and oxygen atoms in total. The first kappa shape index (κ1) is 10.7. The summed E-state index contributed by atoms with van der Waals surface area (Å²) in [5, 5.41) is 0. The van der Waals surface area contributed by atoms with Crippen LogP contribution in [0.5, 0.6) is 0 Å². The molecule has 1 saturated carbocycles. The van der Waals surface area contributed by atoms with E-state index in [9.17, 15) is 0 Å². The van der Waals surface area contributed by atoms with Gasteiger partial charge in [-0.05, 0) is 43.2 Å². The molecule has 1 aliphatic rings. The van der Waals surface area contributed by atoms with Gasteiger partial charge in [-0.15, -0.1) is 11.3 Å². The molecule has 1 heterocycles. The number of halogens is 1. The molecule has 2 unspecified atom stereocenters. The molecule has 14 heavy (non-hydrogen) atoms. The molecule has 78 valence electrons. The van der Waals surface area contributed by atoms with Gasteiger partial charge in [0.1, 0.15) is 0 Å². The minimum atomic E-state index is 0.584. The number of aryl methyl sites for hydroxylation is 1. The van der Waals surface area contributed by atoms with Crippen molar-refractivity contribution in [1.82, 2.24) is 0 Å². The van der Waals surface area contributed by atoms with E-state index in [4.69, 9.17) is 0 Å². The zero-order valence-electron chi connectivity index (χ0n) is 8.79. The molecule has 0 bridgehead atoms. The fourth-order valence-electron chi connectivity index (χ4n) is 1.85. The van der Waals surface area contributed by atoms with Crippen molar-refractivity contribution < 1.29 is 0 Å². The molecule has 1 fully saturated rings. The summed E-state index contributed by atoms with van der Waals surface area (Å²) < 4.78 is 0. The van der Waals surface area contributed by atoms with Crippen molar-refractivity contribution in [3.63, 3.8) is 0 Å². The van der Waals surface area contributed by atoms with E-state index in [1.165, 1.54) is 29.0 Å². The fourth-order valence-corrected chi connectivity index (χ4v) is 3.76. The summed E-state index contributed by atoms with van der Waals surface area (Å²) in [6.45, 7) is 4.60. The highest BCUT2D eigenvalue weighted by Crippen LogP contribution is 2.47. The van der Waals surface area contributed by atoms with Crippen LogP contribution in [0, 0.1) is 11.8 Å². The van der Waals surface area contributed by atoms with Crippen LogP contribution in [-0.4, -0.2) is 0 Å². The molecule has 2 rings (SSSR count). The topological polar surface area (TPSA) is 0 Å². The van der Waals surface area contributed by atoms with Gasteiger partial charge in [0.25, 0.3) is 0 Å². The Morgan fingerprint density at radius 3 is 2.71 bits per heavy atom. The monoisotopic (exact) mass is 272 g/mol. The number of thiophene rings is 1. The summed E-state index contributed by atoms with van der Waals surface area (Å²) >= 11 is 5.81. The molecular formula is C12H17BrS. The maximum absolute atomic E-state index is 3.84.